The van der Waals surface area contributed by atoms with Crippen LogP contribution in [-0.2, 0) is 6.42 Å². The van der Waals surface area contributed by atoms with Gasteiger partial charge in [-0.15, -0.1) is 10.2 Å². The van der Waals surface area contributed by atoms with Gasteiger partial charge in [0.1, 0.15) is 0 Å². The molecule has 2 heterocycles. The van der Waals surface area contributed by atoms with Crippen LogP contribution in [0.3, 0.4) is 0 Å². The molecular formula is C12H17N5OS2. The Morgan fingerprint density at radius 3 is 3.05 bits per heavy atom. The largest absolute Gasteiger partial charge is 0.357 e. The summed E-state index contributed by atoms with van der Waals surface area (Å²) in [5, 5.41) is 16.7. The molecule has 1 aliphatic carbocycles. The summed E-state index contributed by atoms with van der Waals surface area (Å²) < 4.78 is 6.22. The first kappa shape index (κ1) is 13.8. The van der Waals surface area contributed by atoms with Gasteiger partial charge in [0, 0.05) is 12.5 Å². The van der Waals surface area contributed by atoms with E-state index in [1.165, 1.54) is 12.8 Å². The minimum atomic E-state index is 0.0924. The van der Waals surface area contributed by atoms with Crippen molar-refractivity contribution in [1.82, 2.24) is 20.3 Å². The number of nitrogens with zero attached hydrogens (tertiary/aromatic N) is 4. The van der Waals surface area contributed by atoms with E-state index >= 15 is 0 Å². The van der Waals surface area contributed by atoms with Crippen LogP contribution in [-0.4, -0.2) is 26.4 Å². The van der Waals surface area contributed by atoms with Crippen LogP contribution in [0.4, 0.5) is 5.13 Å². The molecule has 1 fully saturated rings. The smallest absolute Gasteiger partial charge is 0.239 e. The van der Waals surface area contributed by atoms with Gasteiger partial charge in [0.15, 0.2) is 10.2 Å². The molecule has 0 saturated heterocycles. The van der Waals surface area contributed by atoms with E-state index in [1.54, 1.807) is 23.1 Å². The maximum atomic E-state index is 5.29. The van der Waals surface area contributed by atoms with E-state index in [2.05, 4.69) is 32.6 Å². The van der Waals surface area contributed by atoms with E-state index in [0.717, 1.165) is 28.1 Å². The maximum Gasteiger partial charge on any atom is 0.239 e. The summed E-state index contributed by atoms with van der Waals surface area (Å²) in [7, 11) is 0. The highest BCUT2D eigenvalue weighted by Crippen LogP contribution is 2.37. The highest BCUT2D eigenvalue weighted by atomic mass is 32.2. The predicted molar refractivity (Wildman–Crippen MR) is 79.1 cm³/mol. The van der Waals surface area contributed by atoms with Gasteiger partial charge in [-0.1, -0.05) is 35.2 Å². The fourth-order valence-electron chi connectivity index (χ4n) is 1.68. The number of aryl methyl sites for hydroxylation is 1. The highest BCUT2D eigenvalue weighted by molar-refractivity contribution is 8.01. The molecule has 0 amide bonds. The van der Waals surface area contributed by atoms with E-state index in [9.17, 15) is 0 Å². The Balaban J connectivity index is 1.58. The summed E-state index contributed by atoms with van der Waals surface area (Å²) in [5.74, 6) is 1.44. The molecule has 0 bridgehead atoms. The predicted octanol–water partition coefficient (Wildman–Crippen LogP) is 3.30. The summed E-state index contributed by atoms with van der Waals surface area (Å²) in [6.45, 7) is 4.15. The van der Waals surface area contributed by atoms with Crippen LogP contribution in [0.15, 0.2) is 8.86 Å². The van der Waals surface area contributed by atoms with Gasteiger partial charge in [0.05, 0.1) is 5.25 Å². The van der Waals surface area contributed by atoms with E-state index in [0.29, 0.717) is 11.9 Å². The van der Waals surface area contributed by atoms with Crippen LogP contribution in [0.5, 0.6) is 0 Å². The molecule has 1 aliphatic rings. The molecule has 1 saturated carbocycles. The highest BCUT2D eigenvalue weighted by Gasteiger charge is 2.23. The van der Waals surface area contributed by atoms with Crippen LogP contribution in [0.25, 0.3) is 0 Å². The topological polar surface area (TPSA) is 76.7 Å². The SMILES string of the molecule is CCCc1noc(C(C)Sc2nnc(NC3CC3)s2)n1. The quantitative estimate of drug-likeness (QED) is 0.786. The molecule has 0 aromatic carbocycles. The van der Waals surface area contributed by atoms with Gasteiger partial charge in [-0.05, 0) is 26.2 Å². The Morgan fingerprint density at radius 2 is 2.30 bits per heavy atom. The Bertz CT molecular complexity index is 566. The van der Waals surface area contributed by atoms with Crippen molar-refractivity contribution in [3.05, 3.63) is 11.7 Å². The van der Waals surface area contributed by atoms with Crippen molar-refractivity contribution in [2.24, 2.45) is 0 Å². The minimum absolute atomic E-state index is 0.0924. The third-order valence-corrected chi connectivity index (χ3v) is 4.92. The number of anilines is 1. The fourth-order valence-corrected chi connectivity index (χ4v) is 3.68. The second-order valence-corrected chi connectivity index (χ2v) is 7.42. The standard InChI is InChI=1S/C12H17N5OS2/c1-3-4-9-14-10(18-17-9)7(2)19-12-16-15-11(20-12)13-8-5-6-8/h7-8H,3-6H2,1-2H3,(H,13,15). The second-order valence-electron chi connectivity index (χ2n) is 4.85. The van der Waals surface area contributed by atoms with Gasteiger partial charge in [-0.25, -0.2) is 0 Å². The van der Waals surface area contributed by atoms with E-state index < -0.39 is 0 Å². The second kappa shape index (κ2) is 6.09. The van der Waals surface area contributed by atoms with Crippen molar-refractivity contribution in [1.29, 1.82) is 0 Å². The van der Waals surface area contributed by atoms with Gasteiger partial charge in [0.2, 0.25) is 11.0 Å². The lowest BCUT2D eigenvalue weighted by molar-refractivity contribution is 0.374. The Morgan fingerprint density at radius 1 is 1.45 bits per heavy atom. The van der Waals surface area contributed by atoms with Crippen molar-refractivity contribution in [3.63, 3.8) is 0 Å². The number of thioether (sulfide) groups is 1. The first-order valence-corrected chi connectivity index (χ1v) is 8.53. The van der Waals surface area contributed by atoms with Crippen LogP contribution >= 0.6 is 23.1 Å². The molecule has 3 rings (SSSR count). The molecule has 2 aromatic heterocycles. The zero-order valence-electron chi connectivity index (χ0n) is 11.5. The molecule has 0 spiro atoms. The van der Waals surface area contributed by atoms with Gasteiger partial charge >= 0.3 is 0 Å². The van der Waals surface area contributed by atoms with Gasteiger partial charge in [-0.3, -0.25) is 0 Å². The summed E-state index contributed by atoms with van der Waals surface area (Å²) >= 11 is 3.19. The fraction of sp³-hybridized carbons (Fsp3) is 0.667. The monoisotopic (exact) mass is 311 g/mol. The van der Waals surface area contributed by atoms with Gasteiger partial charge in [-0.2, -0.15) is 4.98 Å². The Labute approximate surface area is 125 Å². The first-order valence-electron chi connectivity index (χ1n) is 6.83. The molecule has 1 atom stereocenters. The normalized spacial score (nSPS) is 16.3. The van der Waals surface area contributed by atoms with Crippen LogP contribution in [0.2, 0.25) is 0 Å². The van der Waals surface area contributed by atoms with Crippen LogP contribution < -0.4 is 5.32 Å². The van der Waals surface area contributed by atoms with Crippen LogP contribution in [0.1, 0.15) is 50.1 Å². The molecule has 20 heavy (non-hydrogen) atoms. The molecule has 1 unspecified atom stereocenters. The molecule has 0 aliphatic heterocycles. The summed E-state index contributed by atoms with van der Waals surface area (Å²) in [4.78, 5) is 4.40. The van der Waals surface area contributed by atoms with Crippen molar-refractivity contribution >= 4 is 28.2 Å². The summed E-state index contributed by atoms with van der Waals surface area (Å²) in [6.07, 6.45) is 4.35. The number of nitrogens with one attached hydrogen (secondary N) is 1. The van der Waals surface area contributed by atoms with Crippen molar-refractivity contribution in [2.75, 3.05) is 5.32 Å². The summed E-state index contributed by atoms with van der Waals surface area (Å²) in [5.41, 5.74) is 0. The zero-order chi connectivity index (χ0) is 13.9. The number of rotatable bonds is 7. The van der Waals surface area contributed by atoms with E-state index in [-0.39, 0.29) is 5.25 Å². The molecule has 6 nitrogen and oxygen atoms in total. The lowest BCUT2D eigenvalue weighted by Gasteiger charge is -2.01. The average Bonchev–Trinajstić information content (AvgIpc) is 2.93. The number of hydrogen-bond donors (Lipinski definition) is 1. The molecule has 8 heteroatoms. The molecule has 2 aromatic rings. The van der Waals surface area contributed by atoms with Crippen molar-refractivity contribution < 1.29 is 4.52 Å². The van der Waals surface area contributed by atoms with E-state index in [1.807, 2.05) is 6.92 Å². The number of hydrogen-bond acceptors (Lipinski definition) is 8. The average molecular weight is 311 g/mol. The lowest BCUT2D eigenvalue weighted by atomic mass is 10.3. The van der Waals surface area contributed by atoms with Gasteiger partial charge in [0.25, 0.3) is 0 Å². The third kappa shape index (κ3) is 3.49. The third-order valence-electron chi connectivity index (χ3n) is 2.89. The van der Waals surface area contributed by atoms with Crippen molar-refractivity contribution in [3.8, 4) is 0 Å². The zero-order valence-corrected chi connectivity index (χ0v) is 13.1. The molecule has 0 radical (unpaired) electrons. The van der Waals surface area contributed by atoms with E-state index in [4.69, 9.17) is 4.52 Å². The van der Waals surface area contributed by atoms with Crippen molar-refractivity contribution in [2.45, 2.75) is 55.2 Å². The number of aromatic nitrogens is 4. The summed E-state index contributed by atoms with van der Waals surface area (Å²) in [6, 6.07) is 0.603. The maximum absolute atomic E-state index is 5.29. The molecule has 1 N–H and O–H groups in total. The lowest BCUT2D eigenvalue weighted by Crippen LogP contribution is -1.99. The molecular weight excluding hydrogens is 294 g/mol. The Kier molecular flexibility index (Phi) is 4.21. The van der Waals surface area contributed by atoms with Crippen LogP contribution in [0, 0.1) is 0 Å². The van der Waals surface area contributed by atoms with Gasteiger partial charge < -0.3 is 9.84 Å². The minimum Gasteiger partial charge on any atom is -0.357 e. The Hall–Kier alpha value is -1.15. The first-order chi connectivity index (χ1) is 9.74. The molecule has 108 valence electrons.